The van der Waals surface area contributed by atoms with Gasteiger partial charge in [-0.3, -0.25) is 0 Å². The van der Waals surface area contributed by atoms with E-state index in [9.17, 15) is 4.39 Å². The lowest BCUT2D eigenvalue weighted by Crippen LogP contribution is -2.47. The van der Waals surface area contributed by atoms with Gasteiger partial charge in [-0.1, -0.05) is 0 Å². The number of nitrogens with one attached hydrogen (secondary N) is 1. The summed E-state index contributed by atoms with van der Waals surface area (Å²) in [5, 5.41) is 12.3. The highest BCUT2D eigenvalue weighted by Gasteiger charge is 2.31. The lowest BCUT2D eigenvalue weighted by molar-refractivity contribution is 0.127. The molecule has 0 aliphatic carbocycles. The molecule has 0 spiro atoms. The van der Waals surface area contributed by atoms with Crippen LogP contribution in [0.15, 0.2) is 0 Å². The summed E-state index contributed by atoms with van der Waals surface area (Å²) in [6.07, 6.45) is 0.199. The summed E-state index contributed by atoms with van der Waals surface area (Å²) < 4.78 is 12.0. The summed E-state index contributed by atoms with van der Waals surface area (Å²) in [4.78, 5) is 2.23. The van der Waals surface area contributed by atoms with Gasteiger partial charge in [0, 0.05) is 18.6 Å². The zero-order valence-corrected chi connectivity index (χ0v) is 8.39. The summed E-state index contributed by atoms with van der Waals surface area (Å²) in [5.41, 5.74) is 0.0465. The van der Waals surface area contributed by atoms with E-state index in [1.54, 1.807) is 0 Å². The molecule has 4 heteroatoms. The van der Waals surface area contributed by atoms with Crippen molar-refractivity contribution in [3.05, 3.63) is 0 Å². The van der Waals surface area contributed by atoms with Crippen LogP contribution in [-0.2, 0) is 0 Å². The molecule has 2 N–H and O–H groups in total. The molecule has 0 radical (unpaired) electrons. The zero-order valence-electron chi connectivity index (χ0n) is 8.39. The van der Waals surface area contributed by atoms with E-state index in [4.69, 9.17) is 5.11 Å². The van der Waals surface area contributed by atoms with Gasteiger partial charge in [-0.25, -0.2) is 4.39 Å². The Kier molecular flexibility index (Phi) is 3.64. The predicted octanol–water partition coefficient (Wildman–Crippen LogP) is 0.000600. The molecule has 0 saturated carbocycles. The van der Waals surface area contributed by atoms with Gasteiger partial charge in [0.25, 0.3) is 0 Å². The van der Waals surface area contributed by atoms with Gasteiger partial charge >= 0.3 is 0 Å². The van der Waals surface area contributed by atoms with Crippen LogP contribution in [0.4, 0.5) is 4.39 Å². The Balaban J connectivity index is 2.27. The molecule has 2 unspecified atom stereocenters. The quantitative estimate of drug-likeness (QED) is 0.655. The van der Waals surface area contributed by atoms with E-state index in [0.717, 1.165) is 19.5 Å². The van der Waals surface area contributed by atoms with Crippen molar-refractivity contribution in [3.63, 3.8) is 0 Å². The van der Waals surface area contributed by atoms with Crippen molar-refractivity contribution in [2.45, 2.75) is 25.0 Å². The second-order valence-electron chi connectivity index (χ2n) is 4.24. The van der Waals surface area contributed by atoms with Crippen LogP contribution in [0.3, 0.4) is 0 Å². The Morgan fingerprint density at radius 3 is 2.85 bits per heavy atom. The maximum atomic E-state index is 12.0. The number of hydrogen-bond acceptors (Lipinski definition) is 3. The minimum absolute atomic E-state index is 0.0465. The molecular formula is C9H19FN2O. The van der Waals surface area contributed by atoms with Crippen molar-refractivity contribution in [3.8, 4) is 0 Å². The minimum Gasteiger partial charge on any atom is -0.389 e. The van der Waals surface area contributed by atoms with E-state index >= 15 is 0 Å². The molecule has 1 fully saturated rings. The van der Waals surface area contributed by atoms with E-state index in [-0.39, 0.29) is 5.54 Å². The third kappa shape index (κ3) is 3.21. The standard InChI is InChI=1S/C9H19FN2O/c1-9(3-4-12(2)7-9)11-6-8(13)5-10/h8,11,13H,3-7H2,1-2H3. The van der Waals surface area contributed by atoms with Crippen LogP contribution < -0.4 is 5.32 Å². The molecule has 13 heavy (non-hydrogen) atoms. The molecule has 1 saturated heterocycles. The molecule has 2 atom stereocenters. The fraction of sp³-hybridized carbons (Fsp3) is 1.00. The Bertz CT molecular complexity index is 168. The molecule has 0 aromatic carbocycles. The fourth-order valence-electron chi connectivity index (χ4n) is 1.75. The first-order valence-corrected chi connectivity index (χ1v) is 4.73. The number of likely N-dealkylation sites (tertiary alicyclic amines) is 1. The van der Waals surface area contributed by atoms with Gasteiger partial charge < -0.3 is 15.3 Å². The normalized spacial score (nSPS) is 32.3. The molecule has 1 aliphatic heterocycles. The summed E-state index contributed by atoms with van der Waals surface area (Å²) in [5.74, 6) is 0. The molecule has 0 aromatic heterocycles. The van der Waals surface area contributed by atoms with Crippen molar-refractivity contribution < 1.29 is 9.50 Å². The van der Waals surface area contributed by atoms with E-state index in [1.165, 1.54) is 0 Å². The van der Waals surface area contributed by atoms with Crippen LogP contribution in [0.5, 0.6) is 0 Å². The number of nitrogens with zero attached hydrogens (tertiary/aromatic N) is 1. The molecule has 78 valence electrons. The first kappa shape index (κ1) is 10.9. The Labute approximate surface area is 78.9 Å². The highest BCUT2D eigenvalue weighted by atomic mass is 19.1. The summed E-state index contributed by atoms with van der Waals surface area (Å²) in [7, 11) is 2.07. The van der Waals surface area contributed by atoms with Gasteiger partial charge in [-0.05, 0) is 26.9 Å². The highest BCUT2D eigenvalue weighted by Crippen LogP contribution is 2.18. The van der Waals surface area contributed by atoms with Gasteiger partial charge in [-0.2, -0.15) is 0 Å². The molecule has 0 amide bonds. The van der Waals surface area contributed by atoms with Crippen molar-refractivity contribution in [2.75, 3.05) is 33.4 Å². The molecule has 1 heterocycles. The lowest BCUT2D eigenvalue weighted by Gasteiger charge is -2.26. The average molecular weight is 190 g/mol. The summed E-state index contributed by atoms with van der Waals surface area (Å²) in [6, 6.07) is 0. The molecule has 0 aromatic rings. The SMILES string of the molecule is CN1CCC(C)(NCC(O)CF)C1. The average Bonchev–Trinajstić information content (AvgIpc) is 2.43. The number of likely N-dealkylation sites (N-methyl/N-ethyl adjacent to an activating group) is 1. The minimum atomic E-state index is -0.859. The number of alkyl halides is 1. The second kappa shape index (κ2) is 4.35. The van der Waals surface area contributed by atoms with Crippen LogP contribution in [0.2, 0.25) is 0 Å². The van der Waals surface area contributed by atoms with Crippen molar-refractivity contribution >= 4 is 0 Å². The van der Waals surface area contributed by atoms with Crippen molar-refractivity contribution in [2.24, 2.45) is 0 Å². The van der Waals surface area contributed by atoms with Crippen LogP contribution in [0.25, 0.3) is 0 Å². The predicted molar refractivity (Wildman–Crippen MR) is 50.5 cm³/mol. The van der Waals surface area contributed by atoms with Crippen LogP contribution >= 0.6 is 0 Å². The molecule has 0 bridgehead atoms. The number of rotatable bonds is 4. The largest absolute Gasteiger partial charge is 0.389 e. The third-order valence-electron chi connectivity index (χ3n) is 2.61. The van der Waals surface area contributed by atoms with Crippen LogP contribution in [0, 0.1) is 0 Å². The zero-order chi connectivity index (χ0) is 9.90. The topological polar surface area (TPSA) is 35.5 Å². The number of hydrogen-bond donors (Lipinski definition) is 2. The van der Waals surface area contributed by atoms with E-state index in [0.29, 0.717) is 6.54 Å². The molecule has 3 nitrogen and oxygen atoms in total. The van der Waals surface area contributed by atoms with E-state index in [1.807, 2.05) is 0 Å². The van der Waals surface area contributed by atoms with E-state index in [2.05, 4.69) is 24.2 Å². The van der Waals surface area contributed by atoms with Crippen molar-refractivity contribution in [1.29, 1.82) is 0 Å². The maximum Gasteiger partial charge on any atom is 0.117 e. The smallest absolute Gasteiger partial charge is 0.117 e. The number of aliphatic hydroxyl groups excluding tert-OH is 1. The molecule has 1 rings (SSSR count). The van der Waals surface area contributed by atoms with Gasteiger partial charge in [0.1, 0.15) is 6.67 Å². The monoisotopic (exact) mass is 190 g/mol. The first-order valence-electron chi connectivity index (χ1n) is 4.73. The molecule has 1 aliphatic rings. The fourth-order valence-corrected chi connectivity index (χ4v) is 1.75. The van der Waals surface area contributed by atoms with Gasteiger partial charge in [0.2, 0.25) is 0 Å². The Morgan fingerprint density at radius 2 is 2.38 bits per heavy atom. The molecular weight excluding hydrogens is 171 g/mol. The number of β-amino-alcohol motifs (C(OH)–C–C–N with tert-alkyl or cyclic N) is 1. The number of halogens is 1. The highest BCUT2D eigenvalue weighted by molar-refractivity contribution is 4.92. The Morgan fingerprint density at radius 1 is 1.69 bits per heavy atom. The summed E-state index contributed by atoms with van der Waals surface area (Å²) in [6.45, 7) is 3.82. The van der Waals surface area contributed by atoms with Gasteiger partial charge in [-0.15, -0.1) is 0 Å². The van der Waals surface area contributed by atoms with Crippen LogP contribution in [0.1, 0.15) is 13.3 Å². The van der Waals surface area contributed by atoms with E-state index < -0.39 is 12.8 Å². The Hall–Kier alpha value is -0.190. The van der Waals surface area contributed by atoms with Crippen LogP contribution in [-0.4, -0.2) is 55.0 Å². The van der Waals surface area contributed by atoms with Gasteiger partial charge in [0.15, 0.2) is 0 Å². The lowest BCUT2D eigenvalue weighted by atomic mass is 10.0. The maximum absolute atomic E-state index is 12.0. The van der Waals surface area contributed by atoms with Gasteiger partial charge in [0.05, 0.1) is 6.10 Å². The third-order valence-corrected chi connectivity index (χ3v) is 2.61. The number of aliphatic hydroxyl groups is 1. The second-order valence-corrected chi connectivity index (χ2v) is 4.24. The summed E-state index contributed by atoms with van der Waals surface area (Å²) >= 11 is 0. The van der Waals surface area contributed by atoms with Crippen molar-refractivity contribution in [1.82, 2.24) is 10.2 Å². The first-order chi connectivity index (χ1) is 6.06.